The van der Waals surface area contributed by atoms with E-state index >= 15 is 0 Å². The van der Waals surface area contributed by atoms with Gasteiger partial charge in [0.05, 0.1) is 7.11 Å². The van der Waals surface area contributed by atoms with E-state index in [0.29, 0.717) is 21.7 Å². The predicted octanol–water partition coefficient (Wildman–Crippen LogP) is 3.49. The van der Waals surface area contributed by atoms with Gasteiger partial charge in [-0.1, -0.05) is 23.7 Å². The van der Waals surface area contributed by atoms with E-state index in [1.54, 1.807) is 30.3 Å². The van der Waals surface area contributed by atoms with E-state index in [2.05, 4.69) is 0 Å². The summed E-state index contributed by atoms with van der Waals surface area (Å²) < 4.78 is 15.2. The van der Waals surface area contributed by atoms with Gasteiger partial charge in [0.2, 0.25) is 0 Å². The number of ketones is 1. The van der Waals surface area contributed by atoms with Crippen LogP contribution in [0, 0.1) is 0 Å². The second kappa shape index (κ2) is 7.41. The number of methoxy groups -OCH3 is 1. The zero-order valence-electron chi connectivity index (χ0n) is 13.7. The van der Waals surface area contributed by atoms with E-state index in [1.807, 2.05) is 0 Å². The van der Waals surface area contributed by atoms with Crippen LogP contribution in [0.3, 0.4) is 0 Å². The molecule has 0 atom stereocenters. The molecule has 0 aliphatic heterocycles. The summed E-state index contributed by atoms with van der Waals surface area (Å²) in [5.74, 6) is -0.981. The molecule has 26 heavy (non-hydrogen) atoms. The average Bonchev–Trinajstić information content (AvgIpc) is 2.65. The normalized spacial score (nSPS) is 10.5. The first-order valence-corrected chi connectivity index (χ1v) is 7.94. The molecule has 3 rings (SSSR count). The van der Waals surface area contributed by atoms with Crippen molar-refractivity contribution in [1.29, 1.82) is 0 Å². The Morgan fingerprint density at radius 3 is 2.54 bits per heavy atom. The van der Waals surface area contributed by atoms with Crippen LogP contribution in [0.2, 0.25) is 5.02 Å². The number of hydrogen-bond acceptors (Lipinski definition) is 6. The summed E-state index contributed by atoms with van der Waals surface area (Å²) in [6, 6.07) is 12.5. The van der Waals surface area contributed by atoms with Gasteiger partial charge < -0.3 is 13.9 Å². The van der Waals surface area contributed by atoms with Crippen molar-refractivity contribution >= 4 is 34.3 Å². The van der Waals surface area contributed by atoms with Gasteiger partial charge in [-0.25, -0.2) is 9.59 Å². The number of benzene rings is 2. The molecule has 6 nitrogen and oxygen atoms in total. The van der Waals surface area contributed by atoms with Crippen molar-refractivity contribution in [3.63, 3.8) is 0 Å². The Balaban J connectivity index is 1.79. The number of halogens is 1. The first-order valence-electron chi connectivity index (χ1n) is 7.56. The smallest absolute Gasteiger partial charge is 0.351 e. The molecule has 0 aliphatic rings. The quantitative estimate of drug-likeness (QED) is 0.387. The van der Waals surface area contributed by atoms with Crippen molar-refractivity contribution < 1.29 is 23.5 Å². The third-order valence-corrected chi connectivity index (χ3v) is 3.92. The molecule has 1 aromatic heterocycles. The lowest BCUT2D eigenvalue weighted by Crippen LogP contribution is -2.20. The van der Waals surface area contributed by atoms with Crippen molar-refractivity contribution in [1.82, 2.24) is 0 Å². The Hall–Kier alpha value is -3.12. The number of hydrogen-bond donors (Lipinski definition) is 0. The monoisotopic (exact) mass is 372 g/mol. The molecule has 1 heterocycles. The van der Waals surface area contributed by atoms with E-state index < -0.39 is 24.0 Å². The Morgan fingerprint density at radius 1 is 1.12 bits per heavy atom. The Labute approximate surface area is 152 Å². The summed E-state index contributed by atoms with van der Waals surface area (Å²) in [6.07, 6.45) is 0. The molecule has 0 fully saturated rings. The fraction of sp³-hybridized carbons (Fsp3) is 0.105. The van der Waals surface area contributed by atoms with Crippen molar-refractivity contribution in [2.24, 2.45) is 0 Å². The maximum absolute atomic E-state index is 12.2. The average molecular weight is 373 g/mol. The van der Waals surface area contributed by atoms with Gasteiger partial charge in [0.25, 0.3) is 0 Å². The molecule has 0 saturated heterocycles. The molecule has 0 N–H and O–H groups in total. The number of fused-ring (bicyclic) bond motifs is 1. The molecule has 0 spiro atoms. The number of rotatable bonds is 5. The zero-order chi connectivity index (χ0) is 18.7. The van der Waals surface area contributed by atoms with Gasteiger partial charge in [0.15, 0.2) is 23.7 Å². The number of Topliss-reactive ketones (excluding diaryl/α,β-unsaturated/α-hetero) is 1. The van der Waals surface area contributed by atoms with Crippen LogP contribution in [-0.4, -0.2) is 25.5 Å². The highest BCUT2D eigenvalue weighted by Crippen LogP contribution is 2.24. The third-order valence-electron chi connectivity index (χ3n) is 3.66. The van der Waals surface area contributed by atoms with Crippen molar-refractivity contribution in [3.05, 3.63) is 75.1 Å². The lowest BCUT2D eigenvalue weighted by atomic mass is 10.1. The summed E-state index contributed by atoms with van der Waals surface area (Å²) in [4.78, 5) is 36.3. The van der Waals surface area contributed by atoms with E-state index in [0.717, 1.165) is 0 Å². The van der Waals surface area contributed by atoms with E-state index in [-0.39, 0.29) is 11.1 Å². The highest BCUT2D eigenvalue weighted by molar-refractivity contribution is 6.30. The second-order valence-electron chi connectivity index (χ2n) is 5.33. The van der Waals surface area contributed by atoms with E-state index in [4.69, 9.17) is 25.5 Å². The SMILES string of the molecule is COc1cccc2cc(C(=O)OCC(=O)c3ccc(Cl)cc3)c(=O)oc12. The molecule has 0 amide bonds. The minimum atomic E-state index is -0.939. The van der Waals surface area contributed by atoms with Crippen LogP contribution in [0.5, 0.6) is 5.75 Å². The third kappa shape index (κ3) is 3.60. The van der Waals surface area contributed by atoms with Crippen LogP contribution in [0.4, 0.5) is 0 Å². The summed E-state index contributed by atoms with van der Waals surface area (Å²) in [5, 5.41) is 0.989. The molecular formula is C19H13ClO6. The molecule has 0 bridgehead atoms. The Bertz CT molecular complexity index is 1040. The maximum Gasteiger partial charge on any atom is 0.351 e. The zero-order valence-corrected chi connectivity index (χ0v) is 14.4. The highest BCUT2D eigenvalue weighted by atomic mass is 35.5. The van der Waals surface area contributed by atoms with Gasteiger partial charge in [0, 0.05) is 16.0 Å². The molecule has 132 valence electrons. The summed E-state index contributed by atoms with van der Waals surface area (Å²) >= 11 is 5.76. The molecule has 2 aromatic carbocycles. The number of carbonyl (C=O) groups is 2. The Morgan fingerprint density at radius 2 is 1.85 bits per heavy atom. The first-order chi connectivity index (χ1) is 12.5. The summed E-state index contributed by atoms with van der Waals surface area (Å²) in [5.41, 5.74) is -0.591. The van der Waals surface area contributed by atoms with Gasteiger partial charge in [-0.05, 0) is 36.4 Å². The topological polar surface area (TPSA) is 82.8 Å². The van der Waals surface area contributed by atoms with Crippen LogP contribution in [0.15, 0.2) is 57.7 Å². The number of esters is 1. The van der Waals surface area contributed by atoms with E-state index in [9.17, 15) is 14.4 Å². The molecule has 7 heteroatoms. The van der Waals surface area contributed by atoms with E-state index in [1.165, 1.54) is 25.3 Å². The maximum atomic E-state index is 12.2. The van der Waals surface area contributed by atoms with Crippen LogP contribution in [0.25, 0.3) is 11.0 Å². The number of carbonyl (C=O) groups excluding carboxylic acids is 2. The van der Waals surface area contributed by atoms with Crippen molar-refractivity contribution in [2.75, 3.05) is 13.7 Å². The number of para-hydroxylation sites is 1. The minimum absolute atomic E-state index is 0.230. The predicted molar refractivity (Wildman–Crippen MR) is 95.1 cm³/mol. The largest absolute Gasteiger partial charge is 0.493 e. The van der Waals surface area contributed by atoms with Gasteiger partial charge >= 0.3 is 11.6 Å². The fourth-order valence-corrected chi connectivity index (χ4v) is 2.47. The molecule has 3 aromatic rings. The second-order valence-corrected chi connectivity index (χ2v) is 5.77. The Kier molecular flexibility index (Phi) is 5.04. The fourth-order valence-electron chi connectivity index (χ4n) is 2.35. The van der Waals surface area contributed by atoms with Crippen molar-refractivity contribution in [2.45, 2.75) is 0 Å². The lowest BCUT2D eigenvalue weighted by Gasteiger charge is -2.06. The van der Waals surface area contributed by atoms with Crippen LogP contribution < -0.4 is 10.4 Å². The lowest BCUT2D eigenvalue weighted by molar-refractivity contribution is 0.0470. The molecule has 0 unspecified atom stereocenters. The van der Waals surface area contributed by atoms with Crippen LogP contribution in [-0.2, 0) is 4.74 Å². The number of ether oxygens (including phenoxy) is 2. The van der Waals surface area contributed by atoms with Crippen LogP contribution in [0.1, 0.15) is 20.7 Å². The summed E-state index contributed by atoms with van der Waals surface area (Å²) in [6.45, 7) is -0.504. The first kappa shape index (κ1) is 17.7. The molecule has 0 radical (unpaired) electrons. The van der Waals surface area contributed by atoms with Gasteiger partial charge in [0.1, 0.15) is 5.56 Å². The van der Waals surface area contributed by atoms with Gasteiger partial charge in [-0.3, -0.25) is 4.79 Å². The standard InChI is InChI=1S/C19H13ClO6/c1-24-16-4-2-3-12-9-14(19(23)26-17(12)16)18(22)25-10-15(21)11-5-7-13(20)8-6-11/h2-9H,10H2,1H3. The van der Waals surface area contributed by atoms with Crippen LogP contribution >= 0.6 is 11.6 Å². The molecule has 0 aliphatic carbocycles. The van der Waals surface area contributed by atoms with Gasteiger partial charge in [-0.2, -0.15) is 0 Å². The molecule has 0 saturated carbocycles. The van der Waals surface area contributed by atoms with Gasteiger partial charge in [-0.15, -0.1) is 0 Å². The summed E-state index contributed by atoms with van der Waals surface area (Å²) in [7, 11) is 1.44. The minimum Gasteiger partial charge on any atom is -0.493 e. The van der Waals surface area contributed by atoms with Crippen molar-refractivity contribution in [3.8, 4) is 5.75 Å². The highest BCUT2D eigenvalue weighted by Gasteiger charge is 2.18. The molecular weight excluding hydrogens is 360 g/mol.